The van der Waals surface area contributed by atoms with E-state index >= 15 is 0 Å². The number of nitrogens with one attached hydrogen (secondary N) is 1. The number of rotatable bonds is 9. The summed E-state index contributed by atoms with van der Waals surface area (Å²) >= 11 is 0. The summed E-state index contributed by atoms with van der Waals surface area (Å²) in [6, 6.07) is 0. The molecule has 2 atom stereocenters. The highest BCUT2D eigenvalue weighted by atomic mass is 15.0. The van der Waals surface area contributed by atoms with Crippen LogP contribution in [0.2, 0.25) is 0 Å². The molecule has 0 aliphatic heterocycles. The van der Waals surface area contributed by atoms with Crippen LogP contribution >= 0.6 is 0 Å². The molecular weight excluding hydrogens is 256 g/mol. The maximum Gasteiger partial charge on any atom is 0.109 e. The second-order valence-corrected chi connectivity index (χ2v) is 7.34. The largest absolute Gasteiger partial charge is 0.345 e. The van der Waals surface area contributed by atoms with Gasteiger partial charge >= 0.3 is 0 Å². The predicted molar refractivity (Wildman–Crippen MR) is 93.2 cm³/mol. The van der Waals surface area contributed by atoms with Crippen molar-refractivity contribution in [3.63, 3.8) is 0 Å². The maximum atomic E-state index is 5.04. The lowest BCUT2D eigenvalue weighted by atomic mass is 9.80. The number of nitrogens with zero attached hydrogens (tertiary/aromatic N) is 1. The fourth-order valence-electron chi connectivity index (χ4n) is 2.84. The van der Waals surface area contributed by atoms with E-state index in [0.29, 0.717) is 11.8 Å². The van der Waals surface area contributed by atoms with Crippen LogP contribution in [0.25, 0.3) is 0 Å². The minimum absolute atomic E-state index is 0.177. The van der Waals surface area contributed by atoms with E-state index in [1.165, 1.54) is 49.3 Å². The zero-order valence-corrected chi connectivity index (χ0v) is 15.3. The number of hydrogen-bond donors (Lipinski definition) is 1. The van der Waals surface area contributed by atoms with Gasteiger partial charge in [0.2, 0.25) is 0 Å². The number of aromatic amines is 1. The van der Waals surface area contributed by atoms with Crippen LogP contribution in [-0.2, 0) is 5.41 Å². The highest BCUT2D eigenvalue weighted by Gasteiger charge is 2.29. The average molecular weight is 293 g/mol. The van der Waals surface area contributed by atoms with E-state index in [1.54, 1.807) is 0 Å². The molecule has 0 radical (unpaired) electrons. The lowest BCUT2D eigenvalue weighted by Gasteiger charge is -2.25. The second-order valence-electron chi connectivity index (χ2n) is 7.34. The van der Waals surface area contributed by atoms with Crippen LogP contribution in [0.3, 0.4) is 0 Å². The van der Waals surface area contributed by atoms with Crippen LogP contribution in [0.4, 0.5) is 0 Å². The van der Waals surface area contributed by atoms with Gasteiger partial charge in [0.15, 0.2) is 0 Å². The van der Waals surface area contributed by atoms with Gasteiger partial charge in [0, 0.05) is 17.0 Å². The second kappa shape index (κ2) is 8.00. The van der Waals surface area contributed by atoms with Gasteiger partial charge in [-0.25, -0.2) is 4.98 Å². The van der Waals surface area contributed by atoms with Crippen molar-refractivity contribution in [3.8, 4) is 0 Å². The predicted octanol–water partition coefficient (Wildman–Crippen LogP) is 6.29. The fraction of sp³-hybridized carbons (Fsp3) is 0.842. The normalized spacial score (nSPS) is 15.2. The van der Waals surface area contributed by atoms with E-state index in [9.17, 15) is 0 Å². The van der Waals surface area contributed by atoms with Crippen molar-refractivity contribution in [2.75, 3.05) is 0 Å². The first kappa shape index (κ1) is 18.3. The van der Waals surface area contributed by atoms with Gasteiger partial charge in [-0.05, 0) is 25.2 Å². The van der Waals surface area contributed by atoms with Gasteiger partial charge in [-0.2, -0.15) is 0 Å². The summed E-state index contributed by atoms with van der Waals surface area (Å²) in [5.41, 5.74) is 2.88. The molecule has 21 heavy (non-hydrogen) atoms. The van der Waals surface area contributed by atoms with Crippen LogP contribution in [0.5, 0.6) is 0 Å². The number of imidazole rings is 1. The Morgan fingerprint density at radius 3 is 2.14 bits per heavy atom. The highest BCUT2D eigenvalue weighted by Crippen LogP contribution is 2.35. The number of aromatic nitrogens is 2. The average Bonchev–Trinajstić information content (AvgIpc) is 2.91. The van der Waals surface area contributed by atoms with E-state index in [4.69, 9.17) is 4.98 Å². The summed E-state index contributed by atoms with van der Waals surface area (Å²) in [5, 5.41) is 0. The van der Waals surface area contributed by atoms with E-state index in [2.05, 4.69) is 53.5 Å². The molecular formula is C19H36N2. The number of unbranched alkanes of at least 4 members (excludes halogenated alkanes) is 2. The quantitative estimate of drug-likeness (QED) is 0.532. The lowest BCUT2D eigenvalue weighted by Crippen LogP contribution is -2.20. The summed E-state index contributed by atoms with van der Waals surface area (Å²) in [5.74, 6) is 2.27. The van der Waals surface area contributed by atoms with Crippen LogP contribution in [0.1, 0.15) is 116 Å². The van der Waals surface area contributed by atoms with Crippen molar-refractivity contribution in [1.29, 1.82) is 0 Å². The van der Waals surface area contributed by atoms with E-state index in [0.717, 1.165) is 6.42 Å². The van der Waals surface area contributed by atoms with E-state index < -0.39 is 0 Å². The molecule has 0 aromatic carbocycles. The maximum absolute atomic E-state index is 5.04. The van der Waals surface area contributed by atoms with Gasteiger partial charge in [0.05, 0.1) is 5.69 Å². The molecule has 2 heteroatoms. The third kappa shape index (κ3) is 4.59. The van der Waals surface area contributed by atoms with Crippen LogP contribution in [0.15, 0.2) is 0 Å². The first-order valence-corrected chi connectivity index (χ1v) is 8.97. The zero-order chi connectivity index (χ0) is 16.0. The van der Waals surface area contributed by atoms with Crippen molar-refractivity contribution in [1.82, 2.24) is 9.97 Å². The molecule has 0 fully saturated rings. The molecule has 0 saturated heterocycles. The molecule has 1 rings (SSSR count). The number of H-pyrrole nitrogens is 1. The Labute approximate surface area is 132 Å². The molecule has 1 heterocycles. The molecule has 122 valence electrons. The molecule has 0 aliphatic carbocycles. The van der Waals surface area contributed by atoms with Crippen molar-refractivity contribution < 1.29 is 0 Å². The van der Waals surface area contributed by atoms with Crippen LogP contribution in [0, 0.1) is 0 Å². The molecule has 1 N–H and O–H groups in total. The molecule has 1 aromatic rings. The standard InChI is InChI=1S/C19H36N2/c1-8-11-12-13-19(6,7)17-16(14(4)9-2)20-18(21-17)15(5)10-3/h14-15H,8-13H2,1-7H3,(H,20,21). The Hall–Kier alpha value is -0.790. The zero-order valence-electron chi connectivity index (χ0n) is 15.3. The molecule has 0 spiro atoms. The van der Waals surface area contributed by atoms with Crippen molar-refractivity contribution >= 4 is 0 Å². The topological polar surface area (TPSA) is 28.7 Å². The van der Waals surface area contributed by atoms with Gasteiger partial charge in [0.1, 0.15) is 5.82 Å². The third-order valence-corrected chi connectivity index (χ3v) is 4.98. The van der Waals surface area contributed by atoms with Crippen molar-refractivity contribution in [2.24, 2.45) is 0 Å². The fourth-order valence-corrected chi connectivity index (χ4v) is 2.84. The van der Waals surface area contributed by atoms with Gasteiger partial charge in [-0.15, -0.1) is 0 Å². The Morgan fingerprint density at radius 1 is 1.00 bits per heavy atom. The van der Waals surface area contributed by atoms with E-state index in [-0.39, 0.29) is 5.41 Å². The molecule has 1 aromatic heterocycles. The molecule has 0 bridgehead atoms. The summed E-state index contributed by atoms with van der Waals surface area (Å²) < 4.78 is 0. The Bertz CT molecular complexity index is 417. The third-order valence-electron chi connectivity index (χ3n) is 4.98. The summed E-state index contributed by atoms with van der Waals surface area (Å²) in [6.07, 6.45) is 7.45. The molecule has 0 aliphatic rings. The van der Waals surface area contributed by atoms with Crippen molar-refractivity contribution in [3.05, 3.63) is 17.2 Å². The molecule has 2 nitrogen and oxygen atoms in total. The van der Waals surface area contributed by atoms with Gasteiger partial charge in [-0.3, -0.25) is 0 Å². The SMILES string of the molecule is CCCCCC(C)(C)c1nc(C(C)CC)[nH]c1C(C)CC. The lowest BCUT2D eigenvalue weighted by molar-refractivity contribution is 0.432. The molecule has 0 saturated carbocycles. The molecule has 2 unspecified atom stereocenters. The molecule has 0 amide bonds. The van der Waals surface area contributed by atoms with Crippen LogP contribution in [-0.4, -0.2) is 9.97 Å². The summed E-state index contributed by atoms with van der Waals surface area (Å²) in [7, 11) is 0. The Kier molecular flexibility index (Phi) is 6.96. The van der Waals surface area contributed by atoms with Gasteiger partial charge in [0.25, 0.3) is 0 Å². The minimum Gasteiger partial charge on any atom is -0.345 e. The summed E-state index contributed by atoms with van der Waals surface area (Å²) in [4.78, 5) is 8.71. The minimum atomic E-state index is 0.177. The monoisotopic (exact) mass is 292 g/mol. The van der Waals surface area contributed by atoms with Gasteiger partial charge in [-0.1, -0.05) is 67.7 Å². The Balaban J connectivity index is 3.09. The first-order valence-electron chi connectivity index (χ1n) is 8.97. The summed E-state index contributed by atoms with van der Waals surface area (Å²) in [6.45, 7) is 16.1. The highest BCUT2D eigenvalue weighted by molar-refractivity contribution is 5.27. The van der Waals surface area contributed by atoms with Gasteiger partial charge < -0.3 is 4.98 Å². The number of hydrogen-bond acceptors (Lipinski definition) is 1. The van der Waals surface area contributed by atoms with Crippen molar-refractivity contribution in [2.45, 2.75) is 104 Å². The first-order chi connectivity index (χ1) is 9.87. The smallest absolute Gasteiger partial charge is 0.109 e. The van der Waals surface area contributed by atoms with E-state index in [1.807, 2.05) is 0 Å². The Morgan fingerprint density at radius 2 is 1.62 bits per heavy atom. The van der Waals surface area contributed by atoms with Crippen LogP contribution < -0.4 is 0 Å².